The van der Waals surface area contributed by atoms with Crippen LogP contribution in [0.4, 0.5) is 0 Å². The molecule has 108 valence electrons. The number of carbonyl (C=O) groups excluding carboxylic acids is 2. The van der Waals surface area contributed by atoms with E-state index in [0.29, 0.717) is 16.1 Å². The van der Waals surface area contributed by atoms with Crippen molar-refractivity contribution in [2.45, 2.75) is 0 Å². The zero-order valence-electron chi connectivity index (χ0n) is 11.3. The third kappa shape index (κ3) is 2.69. The summed E-state index contributed by atoms with van der Waals surface area (Å²) in [4.78, 5) is 24.9. The van der Waals surface area contributed by atoms with Crippen molar-refractivity contribution in [2.24, 2.45) is 0 Å². The molecule has 3 aromatic rings. The standard InChI is InChI=1S/C17H10ClNO3/c18-13-8-6-12(7-9-13)17(21)15-14(10-22-19-15)16(20)11-4-2-1-3-5-11/h1-10H. The topological polar surface area (TPSA) is 60.2 Å². The Morgan fingerprint density at radius 3 is 2.18 bits per heavy atom. The predicted octanol–water partition coefficient (Wildman–Crippen LogP) is 3.79. The first-order valence-corrected chi connectivity index (χ1v) is 6.89. The van der Waals surface area contributed by atoms with Crippen LogP contribution in [-0.2, 0) is 0 Å². The number of hydrogen-bond donors (Lipinski definition) is 0. The van der Waals surface area contributed by atoms with Crippen molar-refractivity contribution in [2.75, 3.05) is 0 Å². The van der Waals surface area contributed by atoms with E-state index >= 15 is 0 Å². The number of aromatic nitrogens is 1. The fourth-order valence-electron chi connectivity index (χ4n) is 2.04. The summed E-state index contributed by atoms with van der Waals surface area (Å²) in [6.07, 6.45) is 1.19. The minimum absolute atomic E-state index is 0.00354. The SMILES string of the molecule is O=C(c1ccccc1)c1conc1C(=O)c1ccc(Cl)cc1. The molecule has 3 rings (SSSR count). The van der Waals surface area contributed by atoms with Gasteiger partial charge < -0.3 is 4.52 Å². The first-order valence-electron chi connectivity index (χ1n) is 6.51. The molecule has 2 aromatic carbocycles. The summed E-state index contributed by atoms with van der Waals surface area (Å²) in [6.45, 7) is 0. The number of halogens is 1. The molecule has 0 saturated carbocycles. The third-order valence-electron chi connectivity index (χ3n) is 3.17. The van der Waals surface area contributed by atoms with E-state index in [9.17, 15) is 9.59 Å². The summed E-state index contributed by atoms with van der Waals surface area (Å²) >= 11 is 5.80. The van der Waals surface area contributed by atoms with Crippen molar-refractivity contribution in [1.82, 2.24) is 5.16 Å². The van der Waals surface area contributed by atoms with Gasteiger partial charge in [0.25, 0.3) is 0 Å². The Morgan fingerprint density at radius 1 is 0.864 bits per heavy atom. The normalized spacial score (nSPS) is 10.4. The maximum absolute atomic E-state index is 12.5. The van der Waals surface area contributed by atoms with Gasteiger partial charge in [0.15, 0.2) is 11.5 Å². The molecule has 0 bridgehead atoms. The van der Waals surface area contributed by atoms with E-state index in [0.717, 1.165) is 0 Å². The summed E-state index contributed by atoms with van der Waals surface area (Å²) in [7, 11) is 0. The number of rotatable bonds is 4. The number of carbonyl (C=O) groups is 2. The number of ketones is 2. The van der Waals surface area contributed by atoms with E-state index in [2.05, 4.69) is 5.16 Å². The Kier molecular flexibility index (Phi) is 3.85. The van der Waals surface area contributed by atoms with Gasteiger partial charge in [0.2, 0.25) is 5.78 Å². The largest absolute Gasteiger partial charge is 0.363 e. The number of hydrogen-bond acceptors (Lipinski definition) is 4. The van der Waals surface area contributed by atoms with Crippen molar-refractivity contribution in [3.63, 3.8) is 0 Å². The van der Waals surface area contributed by atoms with Crippen molar-refractivity contribution in [1.29, 1.82) is 0 Å². The van der Waals surface area contributed by atoms with Crippen LogP contribution in [0.3, 0.4) is 0 Å². The lowest BCUT2D eigenvalue weighted by molar-refractivity contribution is 0.1000. The molecule has 0 aliphatic heterocycles. The van der Waals surface area contributed by atoms with Gasteiger partial charge in [0.05, 0.1) is 5.56 Å². The lowest BCUT2D eigenvalue weighted by atomic mass is 10.00. The quantitative estimate of drug-likeness (QED) is 0.688. The molecular formula is C17H10ClNO3. The minimum Gasteiger partial charge on any atom is -0.363 e. The summed E-state index contributed by atoms with van der Waals surface area (Å²) in [6, 6.07) is 15.0. The van der Waals surface area contributed by atoms with E-state index in [1.165, 1.54) is 6.26 Å². The summed E-state index contributed by atoms with van der Waals surface area (Å²) in [5.74, 6) is -0.691. The smallest absolute Gasteiger partial charge is 0.215 e. The molecule has 1 heterocycles. The highest BCUT2D eigenvalue weighted by Gasteiger charge is 2.23. The van der Waals surface area contributed by atoms with Crippen LogP contribution in [0.2, 0.25) is 5.02 Å². The molecule has 0 N–H and O–H groups in total. The number of nitrogens with zero attached hydrogens (tertiary/aromatic N) is 1. The zero-order valence-corrected chi connectivity index (χ0v) is 12.1. The second-order valence-electron chi connectivity index (χ2n) is 4.61. The van der Waals surface area contributed by atoms with E-state index in [4.69, 9.17) is 16.1 Å². The highest BCUT2D eigenvalue weighted by Crippen LogP contribution is 2.18. The van der Waals surface area contributed by atoms with E-state index in [1.54, 1.807) is 48.5 Å². The molecule has 0 amide bonds. The maximum atomic E-state index is 12.5. The molecule has 0 fully saturated rings. The Hall–Kier alpha value is -2.72. The van der Waals surface area contributed by atoms with Crippen LogP contribution in [0.25, 0.3) is 0 Å². The molecule has 0 aliphatic rings. The molecule has 0 aliphatic carbocycles. The Balaban J connectivity index is 1.97. The van der Waals surface area contributed by atoms with Crippen molar-refractivity contribution >= 4 is 23.2 Å². The molecule has 0 unspecified atom stereocenters. The Bertz CT molecular complexity index is 823. The van der Waals surface area contributed by atoms with E-state index in [-0.39, 0.29) is 22.8 Å². The van der Waals surface area contributed by atoms with Crippen LogP contribution in [-0.4, -0.2) is 16.7 Å². The van der Waals surface area contributed by atoms with Gasteiger partial charge in [0, 0.05) is 16.1 Å². The van der Waals surface area contributed by atoms with Gasteiger partial charge in [-0.05, 0) is 24.3 Å². The van der Waals surface area contributed by atoms with Gasteiger partial charge in [-0.25, -0.2) is 0 Å². The Labute approximate surface area is 131 Å². The molecule has 5 heteroatoms. The van der Waals surface area contributed by atoms with E-state index in [1.807, 2.05) is 6.07 Å². The summed E-state index contributed by atoms with van der Waals surface area (Å²) < 4.78 is 4.84. The van der Waals surface area contributed by atoms with Crippen LogP contribution >= 0.6 is 11.6 Å². The van der Waals surface area contributed by atoms with E-state index < -0.39 is 0 Å². The summed E-state index contributed by atoms with van der Waals surface area (Å²) in [5.41, 5.74) is 0.999. The molecule has 0 radical (unpaired) electrons. The van der Waals surface area contributed by atoms with Crippen LogP contribution in [0.1, 0.15) is 32.0 Å². The van der Waals surface area contributed by atoms with Crippen LogP contribution < -0.4 is 0 Å². The monoisotopic (exact) mass is 311 g/mol. The van der Waals surface area contributed by atoms with Crippen LogP contribution in [0.5, 0.6) is 0 Å². The second-order valence-corrected chi connectivity index (χ2v) is 5.04. The zero-order chi connectivity index (χ0) is 15.5. The van der Waals surface area contributed by atoms with Gasteiger partial charge in [0.1, 0.15) is 6.26 Å². The van der Waals surface area contributed by atoms with Crippen molar-refractivity contribution < 1.29 is 14.1 Å². The van der Waals surface area contributed by atoms with Gasteiger partial charge >= 0.3 is 0 Å². The predicted molar refractivity (Wildman–Crippen MR) is 81.3 cm³/mol. The molecule has 0 spiro atoms. The van der Waals surface area contributed by atoms with Gasteiger partial charge in [-0.1, -0.05) is 47.1 Å². The molecule has 0 saturated heterocycles. The lowest BCUT2D eigenvalue weighted by Gasteiger charge is -2.01. The third-order valence-corrected chi connectivity index (χ3v) is 3.42. The average Bonchev–Trinajstić information content (AvgIpc) is 3.04. The second kappa shape index (κ2) is 5.95. The molecule has 0 atom stereocenters. The van der Waals surface area contributed by atoms with Gasteiger partial charge in [-0.2, -0.15) is 0 Å². The lowest BCUT2D eigenvalue weighted by Crippen LogP contribution is -2.10. The van der Waals surface area contributed by atoms with Crippen molar-refractivity contribution in [3.05, 3.63) is 88.3 Å². The molecule has 22 heavy (non-hydrogen) atoms. The maximum Gasteiger partial charge on any atom is 0.215 e. The minimum atomic E-state index is -0.385. The number of benzene rings is 2. The van der Waals surface area contributed by atoms with Crippen LogP contribution in [0, 0.1) is 0 Å². The molecular weight excluding hydrogens is 302 g/mol. The molecule has 4 nitrogen and oxygen atoms in total. The first kappa shape index (κ1) is 14.2. The highest BCUT2D eigenvalue weighted by molar-refractivity contribution is 6.30. The highest BCUT2D eigenvalue weighted by atomic mass is 35.5. The van der Waals surface area contributed by atoms with Crippen LogP contribution in [0.15, 0.2) is 65.4 Å². The summed E-state index contributed by atoms with van der Waals surface area (Å²) in [5, 5.41) is 4.21. The van der Waals surface area contributed by atoms with Crippen molar-refractivity contribution in [3.8, 4) is 0 Å². The fraction of sp³-hybridized carbons (Fsp3) is 0. The van der Waals surface area contributed by atoms with Gasteiger partial charge in [-0.3, -0.25) is 9.59 Å². The van der Waals surface area contributed by atoms with Gasteiger partial charge in [-0.15, -0.1) is 0 Å². The Morgan fingerprint density at radius 2 is 1.50 bits per heavy atom. The average molecular weight is 312 g/mol. The first-order chi connectivity index (χ1) is 10.7. The molecule has 1 aromatic heterocycles. The fourth-order valence-corrected chi connectivity index (χ4v) is 2.17.